The van der Waals surface area contributed by atoms with Crippen molar-refractivity contribution >= 4 is 35.0 Å². The fourth-order valence-electron chi connectivity index (χ4n) is 4.14. The molecule has 2 N–H and O–H groups in total. The van der Waals surface area contributed by atoms with E-state index >= 15 is 0 Å². The van der Waals surface area contributed by atoms with Crippen molar-refractivity contribution in [1.82, 2.24) is 10.6 Å². The fourth-order valence-corrected chi connectivity index (χ4v) is 4.41. The number of ketones is 1. The normalized spacial score (nSPS) is 30.7. The lowest BCUT2D eigenvalue weighted by atomic mass is 9.68. The van der Waals surface area contributed by atoms with Crippen molar-refractivity contribution in [3.8, 4) is 6.07 Å². The highest BCUT2D eigenvalue weighted by Gasteiger charge is 2.60. The summed E-state index contributed by atoms with van der Waals surface area (Å²) in [5, 5.41) is 14.8. The number of nitrogens with zero attached hydrogens (tertiary/aromatic N) is 1. The molecule has 0 aromatic rings. The van der Waals surface area contributed by atoms with Crippen LogP contribution >= 0.6 is 12.2 Å². The molecule has 1 heterocycles. The van der Waals surface area contributed by atoms with Crippen LogP contribution in [0.2, 0.25) is 0 Å². The third-order valence-electron chi connectivity index (χ3n) is 5.53. The molecule has 1 saturated heterocycles. The molecule has 0 radical (unpaired) electrons. The minimum Gasteiger partial charge on any atom is -0.467 e. The van der Waals surface area contributed by atoms with Crippen molar-refractivity contribution in [2.24, 2.45) is 11.8 Å². The van der Waals surface area contributed by atoms with E-state index in [1.54, 1.807) is 0 Å². The number of Topliss-reactive ketones (excluding diaryl/α,β-unsaturated/α-hetero) is 1. The van der Waals surface area contributed by atoms with E-state index in [9.17, 15) is 19.6 Å². The van der Waals surface area contributed by atoms with Gasteiger partial charge in [-0.15, -0.1) is 0 Å². The monoisotopic (exact) mass is 393 g/mol. The van der Waals surface area contributed by atoms with E-state index in [0.29, 0.717) is 12.8 Å². The van der Waals surface area contributed by atoms with Crippen LogP contribution in [0.3, 0.4) is 0 Å². The summed E-state index contributed by atoms with van der Waals surface area (Å²) in [5.41, 5.74) is -1.77. The number of carbonyl (C=O) groups is 3. The van der Waals surface area contributed by atoms with Crippen molar-refractivity contribution in [2.75, 3.05) is 7.11 Å². The van der Waals surface area contributed by atoms with Gasteiger partial charge in [0.1, 0.15) is 5.78 Å². The van der Waals surface area contributed by atoms with E-state index in [4.69, 9.17) is 17.0 Å². The maximum absolute atomic E-state index is 13.1. The van der Waals surface area contributed by atoms with Gasteiger partial charge in [-0.3, -0.25) is 9.59 Å². The molecule has 2 rings (SSSR count). The molecule has 3 atom stereocenters. The SMILES string of the molecule is COC(=O)[C@]1([C@H]2CCCCCCCCCCC2=O)NC(=S)NC(=O)[C@@H]1C#N. The van der Waals surface area contributed by atoms with E-state index in [0.717, 1.165) is 44.9 Å². The van der Waals surface area contributed by atoms with Crippen molar-refractivity contribution in [3.63, 3.8) is 0 Å². The summed E-state index contributed by atoms with van der Waals surface area (Å²) < 4.78 is 4.95. The molecule has 1 aliphatic carbocycles. The number of thiocarbonyl (C=S) groups is 1. The summed E-state index contributed by atoms with van der Waals surface area (Å²) >= 11 is 5.08. The van der Waals surface area contributed by atoms with E-state index in [2.05, 4.69) is 10.6 Å². The van der Waals surface area contributed by atoms with Gasteiger partial charge in [-0.2, -0.15) is 5.26 Å². The first-order chi connectivity index (χ1) is 13.0. The number of carbonyl (C=O) groups excluding carboxylic acids is 3. The zero-order valence-corrected chi connectivity index (χ0v) is 16.5. The summed E-state index contributed by atoms with van der Waals surface area (Å²) in [6, 6.07) is 1.90. The Bertz CT molecular complexity index is 645. The highest BCUT2D eigenvalue weighted by molar-refractivity contribution is 7.80. The molecule has 27 heavy (non-hydrogen) atoms. The van der Waals surface area contributed by atoms with Crippen LogP contribution in [0.25, 0.3) is 0 Å². The number of ether oxygens (including phenoxy) is 1. The first kappa shape index (κ1) is 21.3. The maximum Gasteiger partial charge on any atom is 0.334 e. The Hall–Kier alpha value is -2.01. The van der Waals surface area contributed by atoms with Crippen molar-refractivity contribution in [1.29, 1.82) is 5.26 Å². The molecule has 0 aromatic carbocycles. The molecule has 7 nitrogen and oxygen atoms in total. The van der Waals surface area contributed by atoms with Gasteiger partial charge in [0.2, 0.25) is 5.91 Å². The van der Waals surface area contributed by atoms with Crippen LogP contribution < -0.4 is 10.6 Å². The topological polar surface area (TPSA) is 108 Å². The van der Waals surface area contributed by atoms with Gasteiger partial charge in [-0.05, 0) is 25.1 Å². The van der Waals surface area contributed by atoms with Crippen molar-refractivity contribution in [3.05, 3.63) is 0 Å². The van der Waals surface area contributed by atoms with Gasteiger partial charge >= 0.3 is 5.97 Å². The van der Waals surface area contributed by atoms with E-state index in [1.807, 2.05) is 6.07 Å². The number of hydrogen-bond acceptors (Lipinski definition) is 6. The summed E-state index contributed by atoms with van der Waals surface area (Å²) in [6.07, 6.45) is 8.59. The van der Waals surface area contributed by atoms with Crippen LogP contribution in [0.15, 0.2) is 0 Å². The van der Waals surface area contributed by atoms with Crippen molar-refractivity contribution < 1.29 is 19.1 Å². The van der Waals surface area contributed by atoms with Crippen molar-refractivity contribution in [2.45, 2.75) is 69.7 Å². The molecule has 8 heteroatoms. The summed E-state index contributed by atoms with van der Waals surface area (Å²) in [5.74, 6) is -3.81. The fraction of sp³-hybridized carbons (Fsp3) is 0.737. The highest BCUT2D eigenvalue weighted by atomic mass is 32.1. The van der Waals surface area contributed by atoms with Gasteiger partial charge in [0.05, 0.1) is 19.1 Å². The van der Waals surface area contributed by atoms with Gasteiger partial charge in [0.25, 0.3) is 0 Å². The Balaban J connectivity index is 2.44. The van der Waals surface area contributed by atoms with Gasteiger partial charge in [-0.25, -0.2) is 4.79 Å². The Morgan fingerprint density at radius 3 is 2.33 bits per heavy atom. The molecular weight excluding hydrogens is 366 g/mol. The van der Waals surface area contributed by atoms with E-state index in [-0.39, 0.29) is 10.9 Å². The second kappa shape index (κ2) is 9.79. The van der Waals surface area contributed by atoms with Crippen LogP contribution in [0.1, 0.15) is 64.2 Å². The summed E-state index contributed by atoms with van der Waals surface area (Å²) in [4.78, 5) is 38.4. The molecule has 0 aromatic heterocycles. The zero-order valence-electron chi connectivity index (χ0n) is 15.7. The lowest BCUT2D eigenvalue weighted by molar-refractivity contribution is -0.159. The number of hydrogen-bond donors (Lipinski definition) is 2. The smallest absolute Gasteiger partial charge is 0.334 e. The largest absolute Gasteiger partial charge is 0.467 e. The predicted octanol–water partition coefficient (Wildman–Crippen LogP) is 2.14. The van der Waals surface area contributed by atoms with Gasteiger partial charge in [0.15, 0.2) is 16.6 Å². The van der Waals surface area contributed by atoms with Crippen LogP contribution in [0.4, 0.5) is 0 Å². The number of methoxy groups -OCH3 is 1. The zero-order chi connectivity index (χ0) is 19.9. The summed E-state index contributed by atoms with van der Waals surface area (Å²) in [6.45, 7) is 0. The predicted molar refractivity (Wildman–Crippen MR) is 102 cm³/mol. The third-order valence-corrected chi connectivity index (χ3v) is 5.74. The Morgan fingerprint density at radius 2 is 1.74 bits per heavy atom. The molecule has 2 aliphatic rings. The standard InChI is InChI=1S/C19H27N3O4S/c1-26-17(25)19(14(12-20)16(24)21-18(27)22-19)13-10-8-6-4-2-3-5-7-9-11-15(13)23/h13-14H,2-11H2,1H3,(H2,21,22,24,27)/t13-,14-,19+/m0/s1. The minimum atomic E-state index is -1.77. The van der Waals surface area contributed by atoms with Gasteiger partial charge < -0.3 is 15.4 Å². The second-order valence-corrected chi connectivity index (χ2v) is 7.66. The number of rotatable bonds is 2. The second-order valence-electron chi connectivity index (χ2n) is 7.25. The highest BCUT2D eigenvalue weighted by Crippen LogP contribution is 2.36. The molecule has 0 unspecified atom stereocenters. The molecule has 1 amide bonds. The third kappa shape index (κ3) is 4.64. The molecule has 148 valence electrons. The molecule has 0 spiro atoms. The van der Waals surface area contributed by atoms with Gasteiger partial charge in [-0.1, -0.05) is 44.9 Å². The molecule has 0 bridgehead atoms. The van der Waals surface area contributed by atoms with Crippen LogP contribution in [0.5, 0.6) is 0 Å². The van der Waals surface area contributed by atoms with Crippen LogP contribution in [0, 0.1) is 23.2 Å². The molecule has 1 saturated carbocycles. The number of esters is 1. The Labute approximate surface area is 165 Å². The first-order valence-electron chi connectivity index (χ1n) is 9.61. The van der Waals surface area contributed by atoms with E-state index in [1.165, 1.54) is 13.5 Å². The van der Waals surface area contributed by atoms with Gasteiger partial charge in [0, 0.05) is 6.42 Å². The average Bonchev–Trinajstić information content (AvgIpc) is 2.63. The number of nitrogens with one attached hydrogen (secondary N) is 2. The Kier molecular flexibility index (Phi) is 7.72. The number of nitriles is 1. The quantitative estimate of drug-likeness (QED) is 0.546. The van der Waals surface area contributed by atoms with Crippen LogP contribution in [-0.4, -0.2) is 35.4 Å². The first-order valence-corrected chi connectivity index (χ1v) is 10.0. The lowest BCUT2D eigenvalue weighted by Gasteiger charge is -2.44. The van der Waals surface area contributed by atoms with E-state index < -0.39 is 29.3 Å². The summed E-state index contributed by atoms with van der Waals surface area (Å²) in [7, 11) is 1.19. The maximum atomic E-state index is 13.1. The Morgan fingerprint density at radius 1 is 1.15 bits per heavy atom. The molecular formula is C19H27N3O4S. The average molecular weight is 394 g/mol. The minimum absolute atomic E-state index is 0.0594. The lowest BCUT2D eigenvalue weighted by Crippen LogP contribution is -2.73. The molecule has 1 aliphatic heterocycles. The molecule has 2 fully saturated rings. The van der Waals surface area contributed by atoms with Crippen LogP contribution in [-0.2, 0) is 19.1 Å². The number of amides is 1.